The molecule has 1 aliphatic heterocycles. The van der Waals surface area contributed by atoms with Gasteiger partial charge in [-0.15, -0.1) is 0 Å². The first kappa shape index (κ1) is 18.9. The maximum atomic E-state index is 10.9. The van der Waals surface area contributed by atoms with Crippen molar-refractivity contribution in [1.29, 1.82) is 0 Å². The number of hydrogen-bond acceptors (Lipinski definition) is 4. The molecule has 4 heteroatoms. The number of methoxy groups -OCH3 is 1. The molecule has 0 aromatic rings. The molecule has 0 aromatic carbocycles. The SMILES string of the molecule is C1CC2CC1C1CC3OC3C21.C=C(C)C(=O)OCCCCCCOC. The van der Waals surface area contributed by atoms with Crippen molar-refractivity contribution in [3.05, 3.63) is 12.2 Å². The summed E-state index contributed by atoms with van der Waals surface area (Å²) >= 11 is 0. The van der Waals surface area contributed by atoms with Gasteiger partial charge in [-0.05, 0) is 75.5 Å². The Kier molecular flexibility index (Phi) is 6.56. The summed E-state index contributed by atoms with van der Waals surface area (Å²) in [5, 5.41) is 0. The van der Waals surface area contributed by atoms with Gasteiger partial charge in [0.15, 0.2) is 0 Å². The Labute approximate surface area is 152 Å². The monoisotopic (exact) mass is 350 g/mol. The van der Waals surface area contributed by atoms with Gasteiger partial charge in [-0.2, -0.15) is 0 Å². The summed E-state index contributed by atoms with van der Waals surface area (Å²) in [7, 11) is 1.70. The predicted octanol–water partition coefficient (Wildman–Crippen LogP) is 4.13. The van der Waals surface area contributed by atoms with Crippen LogP contribution in [0, 0.1) is 23.7 Å². The van der Waals surface area contributed by atoms with E-state index in [0.29, 0.717) is 12.2 Å². The van der Waals surface area contributed by atoms with Gasteiger partial charge in [0.1, 0.15) is 0 Å². The number of carbonyl (C=O) groups is 1. The molecule has 3 aliphatic carbocycles. The van der Waals surface area contributed by atoms with Gasteiger partial charge in [-0.25, -0.2) is 4.79 Å². The summed E-state index contributed by atoms with van der Waals surface area (Å²) < 4.78 is 15.5. The highest BCUT2D eigenvalue weighted by Crippen LogP contribution is 2.64. The summed E-state index contributed by atoms with van der Waals surface area (Å²) in [5.74, 6) is 4.06. The molecule has 0 radical (unpaired) electrons. The maximum absolute atomic E-state index is 10.9. The van der Waals surface area contributed by atoms with E-state index < -0.39 is 0 Å². The highest BCUT2D eigenvalue weighted by molar-refractivity contribution is 5.86. The molecule has 1 saturated heterocycles. The topological polar surface area (TPSA) is 48.1 Å². The number of ether oxygens (including phenoxy) is 3. The second-order valence-electron chi connectivity index (χ2n) is 8.27. The lowest BCUT2D eigenvalue weighted by molar-refractivity contribution is -0.139. The van der Waals surface area contributed by atoms with Crippen LogP contribution < -0.4 is 0 Å². The molecule has 1 heterocycles. The molecule has 0 amide bonds. The van der Waals surface area contributed by atoms with E-state index in [2.05, 4.69) is 6.58 Å². The van der Waals surface area contributed by atoms with Gasteiger partial charge in [0, 0.05) is 19.3 Å². The molecule has 0 aromatic heterocycles. The van der Waals surface area contributed by atoms with Crippen LogP contribution in [0.25, 0.3) is 0 Å². The van der Waals surface area contributed by atoms with E-state index in [4.69, 9.17) is 14.2 Å². The second kappa shape index (κ2) is 8.68. The van der Waals surface area contributed by atoms with Gasteiger partial charge < -0.3 is 14.2 Å². The smallest absolute Gasteiger partial charge is 0.333 e. The number of fused-ring (bicyclic) bond motifs is 7. The van der Waals surface area contributed by atoms with Crippen molar-refractivity contribution < 1.29 is 19.0 Å². The van der Waals surface area contributed by atoms with Crippen molar-refractivity contribution in [2.45, 2.75) is 70.5 Å². The third kappa shape index (κ3) is 4.65. The lowest BCUT2D eigenvalue weighted by Crippen LogP contribution is -2.22. The van der Waals surface area contributed by atoms with E-state index in [1.54, 1.807) is 26.9 Å². The summed E-state index contributed by atoms with van der Waals surface area (Å²) in [6, 6.07) is 0. The number of carbonyl (C=O) groups excluding carboxylic acids is 1. The first-order chi connectivity index (χ1) is 12.1. The zero-order chi connectivity index (χ0) is 17.8. The van der Waals surface area contributed by atoms with Crippen molar-refractivity contribution in [1.82, 2.24) is 0 Å². The lowest BCUT2D eigenvalue weighted by atomic mass is 9.81. The highest BCUT2D eigenvalue weighted by atomic mass is 16.6. The van der Waals surface area contributed by atoms with Crippen LogP contribution in [0.3, 0.4) is 0 Å². The second-order valence-corrected chi connectivity index (χ2v) is 8.27. The minimum atomic E-state index is -0.290. The van der Waals surface area contributed by atoms with Gasteiger partial charge >= 0.3 is 5.97 Å². The van der Waals surface area contributed by atoms with E-state index in [1.807, 2.05) is 0 Å². The van der Waals surface area contributed by atoms with Gasteiger partial charge in [0.25, 0.3) is 0 Å². The molecule has 0 N–H and O–H groups in total. The molecule has 25 heavy (non-hydrogen) atoms. The fourth-order valence-electron chi connectivity index (χ4n) is 5.26. The summed E-state index contributed by atoms with van der Waals surface area (Å²) in [6.07, 6.45) is 11.7. The van der Waals surface area contributed by atoms with Gasteiger partial charge in [-0.1, -0.05) is 13.0 Å². The van der Waals surface area contributed by atoms with E-state index >= 15 is 0 Å². The molecular weight excluding hydrogens is 316 g/mol. The molecule has 4 nitrogen and oxygen atoms in total. The van der Waals surface area contributed by atoms with Crippen LogP contribution in [0.5, 0.6) is 0 Å². The standard InChI is InChI=1S/C11H20O3.C10H14O/c1-10(2)11(12)14-9-7-5-4-6-8-13-3;1-2-6-3-5(1)7-4-8-10(11-8)9(6)7/h1,4-9H2,2-3H3;5-10H,1-4H2. The number of unbranched alkanes of at least 4 members (excludes halogenated alkanes) is 3. The van der Waals surface area contributed by atoms with Crippen molar-refractivity contribution in [3.8, 4) is 0 Å². The Bertz CT molecular complexity index is 475. The molecule has 142 valence electrons. The maximum Gasteiger partial charge on any atom is 0.333 e. The minimum absolute atomic E-state index is 0.290. The molecule has 4 fully saturated rings. The zero-order valence-electron chi connectivity index (χ0n) is 15.9. The van der Waals surface area contributed by atoms with Crippen LogP contribution >= 0.6 is 0 Å². The Morgan fingerprint density at radius 2 is 1.80 bits per heavy atom. The Balaban J connectivity index is 0.000000147. The first-order valence-electron chi connectivity index (χ1n) is 10.1. The number of hydrogen-bond donors (Lipinski definition) is 0. The fourth-order valence-corrected chi connectivity index (χ4v) is 5.26. The van der Waals surface area contributed by atoms with Crippen LogP contribution in [0.15, 0.2) is 12.2 Å². The van der Waals surface area contributed by atoms with Crippen molar-refractivity contribution >= 4 is 5.97 Å². The molecule has 4 rings (SSSR count). The fraction of sp³-hybridized carbons (Fsp3) is 0.857. The van der Waals surface area contributed by atoms with Crippen LogP contribution in [0.1, 0.15) is 58.3 Å². The summed E-state index contributed by atoms with van der Waals surface area (Å²) in [4.78, 5) is 10.9. The average molecular weight is 350 g/mol. The molecule has 6 unspecified atom stereocenters. The minimum Gasteiger partial charge on any atom is -0.462 e. The number of esters is 1. The van der Waals surface area contributed by atoms with Gasteiger partial charge in [0.2, 0.25) is 0 Å². The third-order valence-corrected chi connectivity index (χ3v) is 6.49. The normalized spacial score (nSPS) is 36.2. The largest absolute Gasteiger partial charge is 0.462 e. The Morgan fingerprint density at radius 3 is 2.48 bits per heavy atom. The van der Waals surface area contributed by atoms with Crippen LogP contribution in [0.4, 0.5) is 0 Å². The van der Waals surface area contributed by atoms with Gasteiger partial charge in [0.05, 0.1) is 18.8 Å². The summed E-state index contributed by atoms with van der Waals surface area (Å²) in [5.41, 5.74) is 0.462. The van der Waals surface area contributed by atoms with Crippen LogP contribution in [-0.4, -0.2) is 38.5 Å². The zero-order valence-corrected chi connectivity index (χ0v) is 15.9. The highest BCUT2D eigenvalue weighted by Gasteiger charge is 2.64. The van der Waals surface area contributed by atoms with E-state index in [9.17, 15) is 4.79 Å². The number of epoxide rings is 1. The molecule has 4 aliphatic rings. The Hall–Kier alpha value is -0.870. The summed E-state index contributed by atoms with van der Waals surface area (Å²) in [6.45, 7) is 6.47. The van der Waals surface area contributed by atoms with E-state index in [-0.39, 0.29) is 5.97 Å². The lowest BCUT2D eigenvalue weighted by Gasteiger charge is -2.25. The average Bonchev–Trinajstić information content (AvgIpc) is 2.98. The van der Waals surface area contributed by atoms with Crippen LogP contribution in [0.2, 0.25) is 0 Å². The van der Waals surface area contributed by atoms with E-state index in [0.717, 1.165) is 68.2 Å². The van der Waals surface area contributed by atoms with Crippen molar-refractivity contribution in [2.75, 3.05) is 20.3 Å². The molecule has 3 saturated carbocycles. The molecule has 0 spiro atoms. The van der Waals surface area contributed by atoms with Crippen LogP contribution in [-0.2, 0) is 19.0 Å². The predicted molar refractivity (Wildman–Crippen MR) is 97.2 cm³/mol. The third-order valence-electron chi connectivity index (χ3n) is 6.49. The van der Waals surface area contributed by atoms with Crippen molar-refractivity contribution in [2.24, 2.45) is 23.7 Å². The van der Waals surface area contributed by atoms with Crippen molar-refractivity contribution in [3.63, 3.8) is 0 Å². The number of rotatable bonds is 8. The van der Waals surface area contributed by atoms with E-state index in [1.165, 1.54) is 12.8 Å². The Morgan fingerprint density at radius 1 is 1.08 bits per heavy atom. The molecule has 6 atom stereocenters. The molecule has 2 bridgehead atoms. The van der Waals surface area contributed by atoms with Gasteiger partial charge in [-0.3, -0.25) is 0 Å². The first-order valence-corrected chi connectivity index (χ1v) is 10.1. The quantitative estimate of drug-likeness (QED) is 0.286. The molecular formula is C21H34O4.